The first-order chi connectivity index (χ1) is 20.5. The Morgan fingerprint density at radius 2 is 0.911 bits per heavy atom. The van der Waals surface area contributed by atoms with E-state index in [2.05, 4.69) is 51.0 Å². The Labute approximate surface area is 313 Å². The predicted octanol–water partition coefficient (Wildman–Crippen LogP) is 2.29. The van der Waals surface area contributed by atoms with E-state index in [1.165, 1.54) is 6.92 Å². The Balaban J connectivity index is -0.000000163. The zero-order valence-corrected chi connectivity index (χ0v) is 32.8. The maximum Gasteiger partial charge on any atom is 1.00 e. The molecule has 11 nitrogen and oxygen atoms in total. The van der Waals surface area contributed by atoms with Crippen molar-refractivity contribution in [3.63, 3.8) is 0 Å². The summed E-state index contributed by atoms with van der Waals surface area (Å²) in [6, 6.07) is 0. The zero-order valence-electron chi connectivity index (χ0n) is 29.7. The molecule has 0 aromatic heterocycles. The van der Waals surface area contributed by atoms with Crippen molar-refractivity contribution in [1.82, 2.24) is 0 Å². The van der Waals surface area contributed by atoms with Gasteiger partial charge in [0.2, 0.25) is 0 Å². The molecule has 12 heteroatoms. The van der Waals surface area contributed by atoms with Gasteiger partial charge in [0.15, 0.2) is 0 Å². The number of rotatable bonds is 20. The van der Waals surface area contributed by atoms with Crippen molar-refractivity contribution in [2.24, 2.45) is 17.8 Å². The summed E-state index contributed by atoms with van der Waals surface area (Å²) < 4.78 is 9.37. The minimum absolute atomic E-state index is 0. The SMILES string of the molecule is CC(=O)CC(=O)[O-].CCC(C)CCC(=O)O.CCOC(=O)CC(=O)CCC(C)CC.CCOC(=O)CC(=O)CCC(C)CC.[K+]. The third-order valence-corrected chi connectivity index (χ3v) is 6.46. The first kappa shape index (κ1) is 53.0. The molecule has 0 aliphatic rings. The maximum absolute atomic E-state index is 11.2. The smallest absolute Gasteiger partial charge is 0.550 e. The van der Waals surface area contributed by atoms with E-state index in [4.69, 9.17) is 5.11 Å². The Hall–Kier alpha value is -1.47. The number of hydrogen-bond acceptors (Lipinski definition) is 10. The van der Waals surface area contributed by atoms with Gasteiger partial charge in [-0.3, -0.25) is 28.8 Å². The van der Waals surface area contributed by atoms with Gasteiger partial charge < -0.3 is 24.5 Å². The quantitative estimate of drug-likeness (QED) is 0.114. The molecular weight excluding hydrogens is 611 g/mol. The molecule has 0 amide bonds. The van der Waals surface area contributed by atoms with Crippen LogP contribution in [0.3, 0.4) is 0 Å². The monoisotopic (exact) mass is 670 g/mol. The van der Waals surface area contributed by atoms with Gasteiger partial charge in [0.25, 0.3) is 0 Å². The van der Waals surface area contributed by atoms with Crippen LogP contribution in [0.15, 0.2) is 0 Å². The first-order valence-corrected chi connectivity index (χ1v) is 15.7. The van der Waals surface area contributed by atoms with E-state index in [1.807, 2.05) is 0 Å². The number of ketones is 3. The third-order valence-electron chi connectivity index (χ3n) is 6.46. The van der Waals surface area contributed by atoms with Gasteiger partial charge in [-0.05, 0) is 57.8 Å². The van der Waals surface area contributed by atoms with Crippen LogP contribution in [-0.2, 0) is 43.0 Å². The van der Waals surface area contributed by atoms with E-state index in [0.29, 0.717) is 50.2 Å². The summed E-state index contributed by atoms with van der Waals surface area (Å²) in [5, 5.41) is 17.7. The molecule has 0 bridgehead atoms. The molecule has 45 heavy (non-hydrogen) atoms. The maximum atomic E-state index is 11.2. The summed E-state index contributed by atoms with van der Waals surface area (Å²) in [4.78, 5) is 73.7. The average molecular weight is 671 g/mol. The second-order valence-corrected chi connectivity index (χ2v) is 10.8. The molecule has 0 saturated carbocycles. The van der Waals surface area contributed by atoms with Crippen LogP contribution in [0.2, 0.25) is 0 Å². The molecule has 0 aliphatic carbocycles. The van der Waals surface area contributed by atoms with E-state index in [0.717, 1.165) is 38.5 Å². The second kappa shape index (κ2) is 37.0. The minimum Gasteiger partial charge on any atom is -0.550 e. The van der Waals surface area contributed by atoms with Gasteiger partial charge in [0.1, 0.15) is 30.2 Å². The van der Waals surface area contributed by atoms with Gasteiger partial charge in [-0.2, -0.15) is 0 Å². The molecule has 0 saturated heterocycles. The Morgan fingerprint density at radius 1 is 0.600 bits per heavy atom. The van der Waals surface area contributed by atoms with E-state index >= 15 is 0 Å². The number of carboxylic acids is 2. The number of esters is 2. The van der Waals surface area contributed by atoms with E-state index in [-0.39, 0.29) is 81.6 Å². The van der Waals surface area contributed by atoms with Crippen molar-refractivity contribution in [1.29, 1.82) is 0 Å². The van der Waals surface area contributed by atoms with Gasteiger partial charge >= 0.3 is 69.3 Å². The molecule has 0 radical (unpaired) electrons. The van der Waals surface area contributed by atoms with E-state index in [1.54, 1.807) is 13.8 Å². The second-order valence-electron chi connectivity index (χ2n) is 10.8. The van der Waals surface area contributed by atoms with Crippen LogP contribution in [-0.4, -0.2) is 59.5 Å². The fourth-order valence-corrected chi connectivity index (χ4v) is 2.92. The van der Waals surface area contributed by atoms with Gasteiger partial charge in [0.05, 0.1) is 13.2 Å². The molecule has 0 spiro atoms. The van der Waals surface area contributed by atoms with Crippen molar-refractivity contribution in [3.05, 3.63) is 0 Å². The molecule has 0 fully saturated rings. The van der Waals surface area contributed by atoms with Crippen molar-refractivity contribution in [2.45, 2.75) is 139 Å². The van der Waals surface area contributed by atoms with Gasteiger partial charge in [-0.25, -0.2) is 0 Å². The number of ether oxygens (including phenoxy) is 2. The molecule has 0 aromatic rings. The van der Waals surface area contributed by atoms with Crippen molar-refractivity contribution >= 4 is 41.2 Å². The number of hydrogen-bond donors (Lipinski definition) is 1. The Bertz CT molecular complexity index is 773. The van der Waals surface area contributed by atoms with Crippen LogP contribution in [0.25, 0.3) is 0 Å². The summed E-state index contributed by atoms with van der Waals surface area (Å²) in [6.07, 6.45) is 6.48. The van der Waals surface area contributed by atoms with E-state index in [9.17, 15) is 38.7 Å². The average Bonchev–Trinajstić information content (AvgIpc) is 2.93. The summed E-state index contributed by atoms with van der Waals surface area (Å²) in [7, 11) is 0. The summed E-state index contributed by atoms with van der Waals surface area (Å²) in [5.74, 6) is -1.53. The topological polar surface area (TPSA) is 181 Å². The predicted molar refractivity (Wildman–Crippen MR) is 167 cm³/mol. The summed E-state index contributed by atoms with van der Waals surface area (Å²) in [5.41, 5.74) is 0. The first-order valence-electron chi connectivity index (χ1n) is 15.7. The number of carbonyl (C=O) groups excluding carboxylic acids is 6. The number of carboxylic acid groups (broad SMARTS) is 2. The van der Waals surface area contributed by atoms with Crippen molar-refractivity contribution in [2.75, 3.05) is 13.2 Å². The number of carbonyl (C=O) groups is 7. The fraction of sp³-hybridized carbons (Fsp3) is 0.788. The summed E-state index contributed by atoms with van der Waals surface area (Å²) >= 11 is 0. The van der Waals surface area contributed by atoms with Crippen LogP contribution < -0.4 is 56.5 Å². The fourth-order valence-electron chi connectivity index (χ4n) is 2.92. The minimum atomic E-state index is -1.31. The van der Waals surface area contributed by atoms with Crippen LogP contribution >= 0.6 is 0 Å². The number of Topliss-reactive ketones (excluding diaryl/α,β-unsaturated/α-hetero) is 3. The third kappa shape index (κ3) is 49.6. The molecule has 3 unspecified atom stereocenters. The van der Waals surface area contributed by atoms with Crippen LogP contribution in [0.5, 0.6) is 0 Å². The molecular formula is C33H59KO11. The van der Waals surface area contributed by atoms with Crippen LogP contribution in [0.1, 0.15) is 139 Å². The molecule has 0 rings (SSSR count). The zero-order chi connectivity index (χ0) is 35.1. The molecule has 0 aliphatic heterocycles. The molecule has 0 heterocycles. The molecule has 1 N–H and O–H groups in total. The van der Waals surface area contributed by atoms with Gasteiger partial charge in [-0.15, -0.1) is 0 Å². The molecule has 258 valence electrons. The van der Waals surface area contributed by atoms with Crippen LogP contribution in [0, 0.1) is 17.8 Å². The molecule has 3 atom stereocenters. The summed E-state index contributed by atoms with van der Waals surface area (Å²) in [6.45, 7) is 17.9. The standard InChI is InChI=1S/2C11H20O3.C7H14O2.C4H6O3.K/c2*1-4-9(3)6-7-10(12)8-11(13)14-5-2;1-3-6(2)4-5-7(8)9;1-3(5)2-4(6)7;/h2*9H,4-8H2,1-3H3;6H,3-5H2,1-2H3,(H,8,9);2H2,1H3,(H,6,7);/q;;;;+1/p-1. The van der Waals surface area contributed by atoms with Gasteiger partial charge in [0, 0.05) is 31.7 Å². The van der Waals surface area contributed by atoms with Crippen LogP contribution in [0.4, 0.5) is 0 Å². The van der Waals surface area contributed by atoms with E-state index < -0.39 is 30.3 Å². The van der Waals surface area contributed by atoms with Crippen molar-refractivity contribution < 1.29 is 105 Å². The Kier molecular flexibility index (Phi) is 43.6. The number of aliphatic carboxylic acids is 2. The molecule has 0 aromatic carbocycles. The normalized spacial score (nSPS) is 11.5. The Morgan fingerprint density at radius 3 is 1.11 bits per heavy atom. The van der Waals surface area contributed by atoms with Gasteiger partial charge in [-0.1, -0.05) is 60.8 Å². The largest absolute Gasteiger partial charge is 1.00 e. The van der Waals surface area contributed by atoms with Crippen molar-refractivity contribution in [3.8, 4) is 0 Å².